The van der Waals surface area contributed by atoms with Crippen LogP contribution in [0.15, 0.2) is 36.4 Å². The summed E-state index contributed by atoms with van der Waals surface area (Å²) in [5.74, 6) is 1.20. The minimum Gasteiger partial charge on any atom is -0.493 e. The van der Waals surface area contributed by atoms with Crippen LogP contribution in [-0.4, -0.2) is 6.61 Å². The SMILES string of the molecule is CCOc1ccc(N)cc1COc1c(Cl)cccc1Cl. The number of rotatable bonds is 5. The molecule has 2 N–H and O–H groups in total. The molecule has 2 aromatic rings. The molecule has 0 radical (unpaired) electrons. The monoisotopic (exact) mass is 311 g/mol. The predicted molar refractivity (Wildman–Crippen MR) is 82.8 cm³/mol. The first-order valence-electron chi connectivity index (χ1n) is 6.19. The van der Waals surface area contributed by atoms with Gasteiger partial charge in [0.1, 0.15) is 12.4 Å². The van der Waals surface area contributed by atoms with Crippen molar-refractivity contribution in [3.05, 3.63) is 52.0 Å². The molecule has 5 heteroatoms. The first-order valence-corrected chi connectivity index (χ1v) is 6.95. The first-order chi connectivity index (χ1) is 9.61. The molecule has 0 amide bonds. The molecule has 2 aromatic carbocycles. The Labute approximate surface area is 128 Å². The first kappa shape index (κ1) is 14.8. The number of para-hydroxylation sites is 1. The maximum Gasteiger partial charge on any atom is 0.156 e. The van der Waals surface area contributed by atoms with Crippen molar-refractivity contribution >= 4 is 28.9 Å². The molecular formula is C15H15Cl2NO2. The lowest BCUT2D eigenvalue weighted by Crippen LogP contribution is -2.02. The van der Waals surface area contributed by atoms with Crippen LogP contribution in [0.5, 0.6) is 11.5 Å². The van der Waals surface area contributed by atoms with E-state index in [1.165, 1.54) is 0 Å². The van der Waals surface area contributed by atoms with Gasteiger partial charge in [-0.05, 0) is 37.3 Å². The van der Waals surface area contributed by atoms with E-state index in [2.05, 4.69) is 0 Å². The van der Waals surface area contributed by atoms with Crippen molar-refractivity contribution in [3.8, 4) is 11.5 Å². The lowest BCUT2D eigenvalue weighted by atomic mass is 10.2. The maximum atomic E-state index is 6.06. The molecule has 3 nitrogen and oxygen atoms in total. The Bertz CT molecular complexity index is 582. The Hall–Kier alpha value is -1.58. The summed E-state index contributed by atoms with van der Waals surface area (Å²) < 4.78 is 11.2. The highest BCUT2D eigenvalue weighted by Crippen LogP contribution is 2.33. The Morgan fingerprint density at radius 1 is 1.05 bits per heavy atom. The highest BCUT2D eigenvalue weighted by atomic mass is 35.5. The van der Waals surface area contributed by atoms with E-state index in [9.17, 15) is 0 Å². The number of hydrogen-bond donors (Lipinski definition) is 1. The average molecular weight is 312 g/mol. The van der Waals surface area contributed by atoms with Crippen molar-refractivity contribution in [2.75, 3.05) is 12.3 Å². The van der Waals surface area contributed by atoms with Gasteiger partial charge in [0.2, 0.25) is 0 Å². The normalized spacial score (nSPS) is 10.3. The van der Waals surface area contributed by atoms with Crippen molar-refractivity contribution < 1.29 is 9.47 Å². The molecule has 0 aliphatic carbocycles. The van der Waals surface area contributed by atoms with Crippen LogP contribution in [0, 0.1) is 0 Å². The Morgan fingerprint density at radius 2 is 1.75 bits per heavy atom. The molecule has 0 atom stereocenters. The fourth-order valence-electron chi connectivity index (χ4n) is 1.78. The average Bonchev–Trinajstić information content (AvgIpc) is 2.41. The Morgan fingerprint density at radius 3 is 2.40 bits per heavy atom. The van der Waals surface area contributed by atoms with Gasteiger partial charge >= 0.3 is 0 Å². The fraction of sp³-hybridized carbons (Fsp3) is 0.200. The molecule has 0 saturated carbocycles. The summed E-state index contributed by atoms with van der Waals surface area (Å²) in [6.45, 7) is 2.78. The van der Waals surface area contributed by atoms with E-state index in [0.29, 0.717) is 28.1 Å². The third-order valence-corrected chi connectivity index (χ3v) is 3.27. The molecule has 0 saturated heterocycles. The molecule has 0 aromatic heterocycles. The molecule has 0 aliphatic rings. The lowest BCUT2D eigenvalue weighted by Gasteiger charge is -2.13. The van der Waals surface area contributed by atoms with Crippen molar-refractivity contribution in [3.63, 3.8) is 0 Å². The molecule has 2 rings (SSSR count). The number of nitrogen functional groups attached to an aromatic ring is 1. The van der Waals surface area contributed by atoms with Gasteiger partial charge in [-0.2, -0.15) is 0 Å². The number of anilines is 1. The number of hydrogen-bond acceptors (Lipinski definition) is 3. The van der Waals surface area contributed by atoms with Crippen LogP contribution in [0.1, 0.15) is 12.5 Å². The molecule has 20 heavy (non-hydrogen) atoms. The van der Waals surface area contributed by atoms with E-state index in [1.807, 2.05) is 19.1 Å². The number of halogens is 2. The zero-order chi connectivity index (χ0) is 14.5. The third-order valence-electron chi connectivity index (χ3n) is 2.68. The highest BCUT2D eigenvalue weighted by molar-refractivity contribution is 6.37. The van der Waals surface area contributed by atoms with Gasteiger partial charge in [-0.25, -0.2) is 0 Å². The van der Waals surface area contributed by atoms with E-state index < -0.39 is 0 Å². The minimum absolute atomic E-state index is 0.282. The van der Waals surface area contributed by atoms with E-state index >= 15 is 0 Å². The van der Waals surface area contributed by atoms with E-state index in [4.69, 9.17) is 38.4 Å². The third kappa shape index (κ3) is 3.50. The quantitative estimate of drug-likeness (QED) is 0.824. The van der Waals surface area contributed by atoms with E-state index in [0.717, 1.165) is 11.3 Å². The maximum absolute atomic E-state index is 6.06. The van der Waals surface area contributed by atoms with Gasteiger partial charge in [-0.15, -0.1) is 0 Å². The summed E-state index contributed by atoms with van der Waals surface area (Å²) in [5, 5.41) is 0.943. The van der Waals surface area contributed by atoms with Crippen LogP contribution < -0.4 is 15.2 Å². The topological polar surface area (TPSA) is 44.5 Å². The zero-order valence-corrected chi connectivity index (χ0v) is 12.5. The molecule has 0 bridgehead atoms. The largest absolute Gasteiger partial charge is 0.493 e. The molecule has 0 aliphatic heterocycles. The molecule has 0 heterocycles. The minimum atomic E-state index is 0.282. The predicted octanol–water partition coefficient (Wildman–Crippen LogP) is 4.55. The Kier molecular flexibility index (Phi) is 4.99. The number of nitrogens with two attached hydrogens (primary N) is 1. The second-order valence-electron chi connectivity index (χ2n) is 4.14. The van der Waals surface area contributed by atoms with Crippen molar-refractivity contribution in [2.45, 2.75) is 13.5 Å². The molecular weight excluding hydrogens is 297 g/mol. The van der Waals surface area contributed by atoms with Gasteiger partial charge in [0.15, 0.2) is 5.75 Å². The highest BCUT2D eigenvalue weighted by Gasteiger charge is 2.10. The summed E-state index contributed by atoms with van der Waals surface area (Å²) in [5.41, 5.74) is 7.29. The summed E-state index contributed by atoms with van der Waals surface area (Å²) >= 11 is 12.1. The molecule has 106 valence electrons. The van der Waals surface area contributed by atoms with E-state index in [1.54, 1.807) is 24.3 Å². The summed E-state index contributed by atoms with van der Waals surface area (Å²) in [6.07, 6.45) is 0. The zero-order valence-electron chi connectivity index (χ0n) is 11.0. The second kappa shape index (κ2) is 6.73. The van der Waals surface area contributed by atoms with Crippen LogP contribution >= 0.6 is 23.2 Å². The van der Waals surface area contributed by atoms with Crippen LogP contribution in [0.2, 0.25) is 10.0 Å². The van der Waals surface area contributed by atoms with Crippen LogP contribution in [0.25, 0.3) is 0 Å². The number of ether oxygens (including phenoxy) is 2. The molecule has 0 spiro atoms. The lowest BCUT2D eigenvalue weighted by molar-refractivity contribution is 0.287. The van der Waals surface area contributed by atoms with Crippen LogP contribution in [-0.2, 0) is 6.61 Å². The van der Waals surface area contributed by atoms with Crippen LogP contribution in [0.4, 0.5) is 5.69 Å². The van der Waals surface area contributed by atoms with Gasteiger partial charge in [0.05, 0.1) is 16.7 Å². The van der Waals surface area contributed by atoms with Crippen molar-refractivity contribution in [1.82, 2.24) is 0 Å². The fourth-order valence-corrected chi connectivity index (χ4v) is 2.29. The van der Waals surface area contributed by atoms with Gasteiger partial charge in [0, 0.05) is 11.3 Å². The Balaban J connectivity index is 2.20. The summed E-state index contributed by atoms with van der Waals surface area (Å²) in [6, 6.07) is 10.7. The second-order valence-corrected chi connectivity index (χ2v) is 4.95. The van der Waals surface area contributed by atoms with Crippen molar-refractivity contribution in [2.24, 2.45) is 0 Å². The van der Waals surface area contributed by atoms with E-state index in [-0.39, 0.29) is 6.61 Å². The van der Waals surface area contributed by atoms with Crippen molar-refractivity contribution in [1.29, 1.82) is 0 Å². The molecule has 0 fully saturated rings. The van der Waals surface area contributed by atoms with Gasteiger partial charge in [-0.1, -0.05) is 29.3 Å². The summed E-state index contributed by atoms with van der Waals surface area (Å²) in [4.78, 5) is 0. The standard InChI is InChI=1S/C15H15Cl2NO2/c1-2-19-14-7-6-11(18)8-10(14)9-20-15-12(16)4-3-5-13(15)17/h3-8H,2,9,18H2,1H3. The smallest absolute Gasteiger partial charge is 0.156 e. The van der Waals surface area contributed by atoms with Gasteiger partial charge in [-0.3, -0.25) is 0 Å². The summed E-state index contributed by atoms with van der Waals surface area (Å²) in [7, 11) is 0. The van der Waals surface area contributed by atoms with Gasteiger partial charge < -0.3 is 15.2 Å². The molecule has 0 unspecified atom stereocenters. The van der Waals surface area contributed by atoms with Gasteiger partial charge in [0.25, 0.3) is 0 Å². The number of benzene rings is 2. The van der Waals surface area contributed by atoms with Crippen LogP contribution in [0.3, 0.4) is 0 Å².